The van der Waals surface area contributed by atoms with E-state index in [1.54, 1.807) is 36.8 Å². The Labute approximate surface area is 149 Å². The summed E-state index contributed by atoms with van der Waals surface area (Å²) in [6, 6.07) is 7.64. The fraction of sp³-hybridized carbons (Fsp3) is 0.0625. The molecule has 7 nitrogen and oxygen atoms in total. The molecule has 0 aliphatic heterocycles. The van der Waals surface area contributed by atoms with Crippen molar-refractivity contribution in [2.24, 2.45) is 0 Å². The summed E-state index contributed by atoms with van der Waals surface area (Å²) in [5.74, 6) is 0.629. The Hall–Kier alpha value is -2.71. The maximum atomic E-state index is 12.7. The molecule has 0 atom stereocenters. The lowest BCUT2D eigenvalue weighted by molar-refractivity contribution is 0.403. The standard InChI is InChI=1S/C16H13ClN4O3S/c1-24-14-4-3-12(17)8-15(14)25(22,23)21-13-7-11(9-18-10-13)16-19-5-2-6-20-16/h2-10,21H,1H3. The molecule has 9 heteroatoms. The highest BCUT2D eigenvalue weighted by Crippen LogP contribution is 2.29. The third kappa shape index (κ3) is 3.86. The number of aromatic nitrogens is 3. The molecule has 0 radical (unpaired) electrons. The Bertz CT molecular complexity index is 997. The smallest absolute Gasteiger partial charge is 0.265 e. The monoisotopic (exact) mass is 376 g/mol. The molecule has 25 heavy (non-hydrogen) atoms. The molecule has 0 bridgehead atoms. The summed E-state index contributed by atoms with van der Waals surface area (Å²) < 4.78 is 32.9. The fourth-order valence-electron chi connectivity index (χ4n) is 2.14. The summed E-state index contributed by atoms with van der Waals surface area (Å²) in [4.78, 5) is 12.2. The molecule has 0 aliphatic carbocycles. The number of benzene rings is 1. The van der Waals surface area contributed by atoms with Crippen LogP contribution in [0.3, 0.4) is 0 Å². The van der Waals surface area contributed by atoms with E-state index < -0.39 is 10.0 Å². The summed E-state index contributed by atoms with van der Waals surface area (Å²) in [6.45, 7) is 0. The van der Waals surface area contributed by atoms with E-state index in [4.69, 9.17) is 16.3 Å². The number of ether oxygens (including phenoxy) is 1. The molecule has 0 unspecified atom stereocenters. The summed E-state index contributed by atoms with van der Waals surface area (Å²) in [5, 5.41) is 0.283. The van der Waals surface area contributed by atoms with Gasteiger partial charge in [0.15, 0.2) is 5.82 Å². The van der Waals surface area contributed by atoms with E-state index in [-0.39, 0.29) is 21.4 Å². The number of hydrogen-bond donors (Lipinski definition) is 1. The van der Waals surface area contributed by atoms with Crippen molar-refractivity contribution in [3.05, 3.63) is 60.1 Å². The van der Waals surface area contributed by atoms with Gasteiger partial charge in [0.2, 0.25) is 0 Å². The maximum absolute atomic E-state index is 12.7. The summed E-state index contributed by atoms with van der Waals surface area (Å²) in [6.07, 6.45) is 6.13. The van der Waals surface area contributed by atoms with Crippen LogP contribution in [0.15, 0.2) is 60.0 Å². The van der Waals surface area contributed by atoms with Crippen LogP contribution in [-0.4, -0.2) is 30.5 Å². The fourth-order valence-corrected chi connectivity index (χ4v) is 3.60. The molecule has 3 aromatic rings. The molecule has 2 heterocycles. The van der Waals surface area contributed by atoms with Crippen molar-refractivity contribution in [1.82, 2.24) is 15.0 Å². The predicted molar refractivity (Wildman–Crippen MR) is 94.1 cm³/mol. The van der Waals surface area contributed by atoms with Crippen molar-refractivity contribution >= 4 is 27.3 Å². The van der Waals surface area contributed by atoms with Crippen molar-refractivity contribution in [1.29, 1.82) is 0 Å². The molecule has 0 saturated heterocycles. The highest BCUT2D eigenvalue weighted by molar-refractivity contribution is 7.92. The van der Waals surface area contributed by atoms with Gasteiger partial charge >= 0.3 is 0 Å². The van der Waals surface area contributed by atoms with E-state index in [9.17, 15) is 8.42 Å². The van der Waals surface area contributed by atoms with Gasteiger partial charge in [-0.1, -0.05) is 11.6 Å². The van der Waals surface area contributed by atoms with E-state index in [0.717, 1.165) is 0 Å². The summed E-state index contributed by atoms with van der Waals surface area (Å²) in [5.41, 5.74) is 0.853. The second kappa shape index (κ2) is 7.04. The third-order valence-electron chi connectivity index (χ3n) is 3.23. The average Bonchev–Trinajstić information content (AvgIpc) is 2.62. The van der Waals surface area contributed by atoms with E-state index in [2.05, 4.69) is 19.7 Å². The molecule has 0 fully saturated rings. The van der Waals surface area contributed by atoms with Crippen LogP contribution in [0.5, 0.6) is 5.75 Å². The number of hydrogen-bond acceptors (Lipinski definition) is 6. The van der Waals surface area contributed by atoms with Crippen molar-refractivity contribution in [3.63, 3.8) is 0 Å². The zero-order valence-electron chi connectivity index (χ0n) is 13.0. The van der Waals surface area contributed by atoms with Gasteiger partial charge in [0, 0.05) is 29.2 Å². The second-order valence-electron chi connectivity index (χ2n) is 4.94. The summed E-state index contributed by atoms with van der Waals surface area (Å²) >= 11 is 5.91. The molecule has 0 aliphatic rings. The van der Waals surface area contributed by atoms with Gasteiger partial charge in [-0.3, -0.25) is 9.71 Å². The third-order valence-corrected chi connectivity index (χ3v) is 4.87. The zero-order valence-corrected chi connectivity index (χ0v) is 14.6. The average molecular weight is 377 g/mol. The van der Waals surface area contributed by atoms with Gasteiger partial charge in [-0.05, 0) is 30.3 Å². The minimum absolute atomic E-state index is 0.0659. The topological polar surface area (TPSA) is 94.1 Å². The molecule has 128 valence electrons. The van der Waals surface area contributed by atoms with Crippen LogP contribution < -0.4 is 9.46 Å². The van der Waals surface area contributed by atoms with Gasteiger partial charge in [0.25, 0.3) is 10.0 Å². The van der Waals surface area contributed by atoms with E-state index >= 15 is 0 Å². The Kier molecular flexibility index (Phi) is 4.82. The minimum atomic E-state index is -3.92. The van der Waals surface area contributed by atoms with Crippen LogP contribution in [0.4, 0.5) is 5.69 Å². The van der Waals surface area contributed by atoms with Gasteiger partial charge < -0.3 is 4.74 Å². The molecule has 2 aromatic heterocycles. The van der Waals surface area contributed by atoms with Crippen LogP contribution in [0.1, 0.15) is 0 Å². The molecule has 1 N–H and O–H groups in total. The van der Waals surface area contributed by atoms with Crippen molar-refractivity contribution in [2.45, 2.75) is 4.90 Å². The first kappa shape index (κ1) is 17.1. The Morgan fingerprint density at radius 3 is 2.60 bits per heavy atom. The van der Waals surface area contributed by atoms with Gasteiger partial charge in [-0.15, -0.1) is 0 Å². The van der Waals surface area contributed by atoms with E-state index in [1.807, 2.05) is 0 Å². The lowest BCUT2D eigenvalue weighted by Gasteiger charge is -2.12. The van der Waals surface area contributed by atoms with E-state index in [1.165, 1.54) is 25.4 Å². The number of rotatable bonds is 5. The van der Waals surface area contributed by atoms with Crippen LogP contribution in [0, 0.1) is 0 Å². The normalized spacial score (nSPS) is 11.1. The predicted octanol–water partition coefficient (Wildman–Crippen LogP) is 3.00. The number of methoxy groups -OCH3 is 1. The SMILES string of the molecule is COc1ccc(Cl)cc1S(=O)(=O)Nc1cncc(-c2ncccn2)c1. The number of nitrogens with one attached hydrogen (secondary N) is 1. The summed E-state index contributed by atoms with van der Waals surface area (Å²) in [7, 11) is -2.53. The van der Waals surface area contributed by atoms with Gasteiger partial charge in [0.1, 0.15) is 10.6 Å². The molecular weight excluding hydrogens is 364 g/mol. The first-order valence-electron chi connectivity index (χ1n) is 7.08. The Morgan fingerprint density at radius 2 is 1.88 bits per heavy atom. The van der Waals surface area contributed by atoms with Crippen molar-refractivity contribution in [3.8, 4) is 17.1 Å². The van der Waals surface area contributed by atoms with Crippen LogP contribution in [-0.2, 0) is 10.0 Å². The molecule has 0 spiro atoms. The quantitative estimate of drug-likeness (QED) is 0.735. The van der Waals surface area contributed by atoms with Crippen LogP contribution in [0.25, 0.3) is 11.4 Å². The number of pyridine rings is 1. The maximum Gasteiger partial charge on any atom is 0.265 e. The highest BCUT2D eigenvalue weighted by atomic mass is 35.5. The van der Waals surface area contributed by atoms with E-state index in [0.29, 0.717) is 11.4 Å². The van der Waals surface area contributed by atoms with Crippen molar-refractivity contribution in [2.75, 3.05) is 11.8 Å². The molecule has 0 saturated carbocycles. The lowest BCUT2D eigenvalue weighted by atomic mass is 10.2. The molecule has 3 rings (SSSR count). The molecular formula is C16H13ClN4O3S. The largest absolute Gasteiger partial charge is 0.495 e. The molecule has 0 amide bonds. The zero-order chi connectivity index (χ0) is 17.9. The minimum Gasteiger partial charge on any atom is -0.495 e. The second-order valence-corrected chi connectivity index (χ2v) is 7.02. The lowest BCUT2D eigenvalue weighted by Crippen LogP contribution is -2.14. The Balaban J connectivity index is 1.96. The van der Waals surface area contributed by atoms with Gasteiger partial charge in [0.05, 0.1) is 19.0 Å². The highest BCUT2D eigenvalue weighted by Gasteiger charge is 2.20. The molecule has 1 aromatic carbocycles. The van der Waals surface area contributed by atoms with Crippen LogP contribution >= 0.6 is 11.6 Å². The number of nitrogens with zero attached hydrogens (tertiary/aromatic N) is 3. The van der Waals surface area contributed by atoms with Crippen LogP contribution in [0.2, 0.25) is 5.02 Å². The van der Waals surface area contributed by atoms with Gasteiger partial charge in [-0.25, -0.2) is 18.4 Å². The number of halogens is 1. The Morgan fingerprint density at radius 1 is 1.12 bits per heavy atom. The first-order chi connectivity index (χ1) is 12.0. The van der Waals surface area contributed by atoms with Gasteiger partial charge in [-0.2, -0.15) is 0 Å². The number of anilines is 1. The number of sulfonamides is 1. The first-order valence-corrected chi connectivity index (χ1v) is 8.94. The van der Waals surface area contributed by atoms with Crippen molar-refractivity contribution < 1.29 is 13.2 Å².